The van der Waals surface area contributed by atoms with E-state index in [0.717, 1.165) is 10.6 Å². The van der Waals surface area contributed by atoms with Crippen LogP contribution in [0.25, 0.3) is 0 Å². The molecule has 0 aromatic carbocycles. The maximum absolute atomic E-state index is 12.0. The summed E-state index contributed by atoms with van der Waals surface area (Å²) in [6, 6.07) is 2.01. The van der Waals surface area contributed by atoms with Crippen LogP contribution < -0.4 is 0 Å². The van der Waals surface area contributed by atoms with Crippen LogP contribution in [0.3, 0.4) is 0 Å². The van der Waals surface area contributed by atoms with E-state index in [4.69, 9.17) is 17.5 Å². The van der Waals surface area contributed by atoms with Gasteiger partial charge in [-0.15, -0.1) is 11.3 Å². The lowest BCUT2D eigenvalue weighted by Gasteiger charge is -2.22. The van der Waals surface area contributed by atoms with Crippen molar-refractivity contribution in [3.63, 3.8) is 0 Å². The van der Waals surface area contributed by atoms with E-state index in [0.29, 0.717) is 16.8 Å². The van der Waals surface area contributed by atoms with Gasteiger partial charge in [-0.05, 0) is 26.1 Å². The van der Waals surface area contributed by atoms with Crippen molar-refractivity contribution in [1.29, 1.82) is 5.26 Å². The lowest BCUT2D eigenvalue weighted by Crippen LogP contribution is -2.35. The normalized spacial score (nSPS) is 11.9. The number of H-pyrrole nitrogens is 1. The predicted octanol–water partition coefficient (Wildman–Crippen LogP) is 2.42. The van der Waals surface area contributed by atoms with E-state index in [2.05, 4.69) is 11.1 Å². The molecule has 0 aliphatic heterocycles. The molecule has 1 N–H and O–H groups in total. The van der Waals surface area contributed by atoms with Gasteiger partial charge in [0.05, 0.1) is 18.9 Å². The van der Waals surface area contributed by atoms with Crippen LogP contribution in [0.4, 0.5) is 0 Å². The summed E-state index contributed by atoms with van der Waals surface area (Å²) in [4.78, 5) is 17.6. The minimum atomic E-state index is -0.0558. The molecule has 0 saturated heterocycles. The zero-order valence-corrected chi connectivity index (χ0v) is 11.7. The third-order valence-corrected chi connectivity index (χ3v) is 4.01. The fourth-order valence-electron chi connectivity index (χ4n) is 1.38. The zero-order chi connectivity index (χ0) is 13.0. The van der Waals surface area contributed by atoms with Crippen molar-refractivity contribution >= 4 is 29.5 Å². The summed E-state index contributed by atoms with van der Waals surface area (Å²) in [7, 11) is 1.73. The number of likely N-dealkylation sites (N-methyl/N-ethyl adjacent to an activating group) is 1. The van der Waals surface area contributed by atoms with Gasteiger partial charge < -0.3 is 9.88 Å². The minimum absolute atomic E-state index is 0.0149. The number of aromatic nitrogens is 1. The first-order chi connectivity index (χ1) is 7.95. The van der Waals surface area contributed by atoms with Crippen molar-refractivity contribution in [1.82, 2.24) is 9.88 Å². The molecule has 1 heterocycles. The number of hydrogen-bond donors (Lipinski definition) is 1. The number of thiazole rings is 1. The summed E-state index contributed by atoms with van der Waals surface area (Å²) in [5.74, 6) is 0.0149. The van der Waals surface area contributed by atoms with Gasteiger partial charge in [-0.1, -0.05) is 0 Å². The second kappa shape index (κ2) is 5.94. The predicted molar refractivity (Wildman–Crippen MR) is 70.4 cm³/mol. The Morgan fingerprint density at radius 3 is 2.82 bits per heavy atom. The van der Waals surface area contributed by atoms with E-state index >= 15 is 0 Å². The van der Waals surface area contributed by atoms with Crippen LogP contribution in [0, 0.1) is 22.2 Å². The van der Waals surface area contributed by atoms with Gasteiger partial charge in [0.25, 0.3) is 0 Å². The van der Waals surface area contributed by atoms with Crippen molar-refractivity contribution in [2.24, 2.45) is 0 Å². The van der Waals surface area contributed by atoms with Gasteiger partial charge in [0.1, 0.15) is 0 Å². The molecule has 0 aliphatic carbocycles. The SMILES string of the molecule is Cc1[nH]c(=S)sc1CC(=O)N(C)[C@H](C)CC#N. The minimum Gasteiger partial charge on any atom is -0.342 e. The Labute approximate surface area is 110 Å². The van der Waals surface area contributed by atoms with Crippen LogP contribution in [0.5, 0.6) is 0 Å². The number of carbonyl (C=O) groups excluding carboxylic acids is 1. The Kier molecular flexibility index (Phi) is 4.85. The van der Waals surface area contributed by atoms with Crippen LogP contribution in [-0.2, 0) is 11.2 Å². The van der Waals surface area contributed by atoms with E-state index in [1.54, 1.807) is 11.9 Å². The van der Waals surface area contributed by atoms with Crippen molar-refractivity contribution in [2.75, 3.05) is 7.05 Å². The Morgan fingerprint density at radius 2 is 2.35 bits per heavy atom. The zero-order valence-electron chi connectivity index (χ0n) is 10.1. The Balaban J connectivity index is 2.70. The molecule has 1 amide bonds. The second-order valence-corrected chi connectivity index (χ2v) is 5.73. The number of hydrogen-bond acceptors (Lipinski definition) is 4. The highest BCUT2D eigenvalue weighted by molar-refractivity contribution is 7.73. The summed E-state index contributed by atoms with van der Waals surface area (Å²) in [6.07, 6.45) is 0.694. The van der Waals surface area contributed by atoms with Crippen molar-refractivity contribution in [3.05, 3.63) is 14.5 Å². The Hall–Kier alpha value is -1.19. The van der Waals surface area contributed by atoms with Crippen LogP contribution in [0.15, 0.2) is 0 Å². The highest BCUT2D eigenvalue weighted by Crippen LogP contribution is 2.16. The van der Waals surface area contributed by atoms with Gasteiger partial charge in [0.15, 0.2) is 3.95 Å². The molecule has 0 radical (unpaired) electrons. The van der Waals surface area contributed by atoms with Gasteiger partial charge in [-0.2, -0.15) is 5.26 Å². The lowest BCUT2D eigenvalue weighted by atomic mass is 10.2. The lowest BCUT2D eigenvalue weighted by molar-refractivity contribution is -0.130. The molecule has 92 valence electrons. The first-order valence-electron chi connectivity index (χ1n) is 5.27. The average Bonchev–Trinajstić information content (AvgIpc) is 2.56. The summed E-state index contributed by atoms with van der Waals surface area (Å²) >= 11 is 6.46. The fraction of sp³-hybridized carbons (Fsp3) is 0.545. The molecule has 0 saturated carbocycles. The monoisotopic (exact) mass is 269 g/mol. The quantitative estimate of drug-likeness (QED) is 0.854. The van der Waals surface area contributed by atoms with Crippen molar-refractivity contribution < 1.29 is 4.79 Å². The van der Waals surface area contributed by atoms with E-state index in [9.17, 15) is 4.79 Å². The molecule has 0 bridgehead atoms. The topological polar surface area (TPSA) is 59.9 Å². The van der Waals surface area contributed by atoms with Gasteiger partial charge in [0.2, 0.25) is 5.91 Å². The maximum atomic E-state index is 12.0. The molecule has 6 heteroatoms. The van der Waals surface area contributed by atoms with E-state index in [1.165, 1.54) is 11.3 Å². The molecule has 1 atom stereocenters. The van der Waals surface area contributed by atoms with Crippen LogP contribution >= 0.6 is 23.6 Å². The van der Waals surface area contributed by atoms with Crippen LogP contribution in [0.1, 0.15) is 23.9 Å². The average molecular weight is 269 g/mol. The second-order valence-electron chi connectivity index (χ2n) is 3.96. The molecule has 0 unspecified atom stereocenters. The molecule has 1 aromatic rings. The maximum Gasteiger partial charge on any atom is 0.227 e. The fourth-order valence-corrected chi connectivity index (χ4v) is 2.66. The van der Waals surface area contributed by atoms with Gasteiger partial charge in [-0.3, -0.25) is 4.79 Å². The summed E-state index contributed by atoms with van der Waals surface area (Å²) in [5.41, 5.74) is 0.953. The first kappa shape index (κ1) is 13.9. The summed E-state index contributed by atoms with van der Waals surface area (Å²) < 4.78 is 0.693. The summed E-state index contributed by atoms with van der Waals surface area (Å²) in [5, 5.41) is 8.60. The first-order valence-corrected chi connectivity index (χ1v) is 6.49. The number of nitriles is 1. The number of rotatable bonds is 4. The Bertz CT molecular complexity index is 498. The molecular formula is C11H15N3OS2. The third-order valence-electron chi connectivity index (χ3n) is 2.68. The smallest absolute Gasteiger partial charge is 0.227 e. The molecule has 0 aliphatic rings. The highest BCUT2D eigenvalue weighted by Gasteiger charge is 2.17. The standard InChI is InChI=1S/C11H15N3OS2/c1-7(4-5-12)14(3)10(15)6-9-8(2)13-11(16)17-9/h7H,4,6H2,1-3H3,(H,13,16)/t7-/m1/s1. The molecule has 0 fully saturated rings. The summed E-state index contributed by atoms with van der Waals surface area (Å²) in [6.45, 7) is 3.78. The van der Waals surface area contributed by atoms with E-state index in [-0.39, 0.29) is 11.9 Å². The molecule has 4 nitrogen and oxygen atoms in total. The van der Waals surface area contributed by atoms with Gasteiger partial charge in [-0.25, -0.2) is 0 Å². The van der Waals surface area contributed by atoms with Crippen molar-refractivity contribution in [3.8, 4) is 6.07 Å². The number of amides is 1. The van der Waals surface area contributed by atoms with E-state index in [1.807, 2.05) is 13.8 Å². The number of nitrogens with zero attached hydrogens (tertiary/aromatic N) is 2. The molecule has 0 spiro atoms. The van der Waals surface area contributed by atoms with Gasteiger partial charge >= 0.3 is 0 Å². The van der Waals surface area contributed by atoms with E-state index < -0.39 is 0 Å². The van der Waals surface area contributed by atoms with Crippen LogP contribution in [-0.4, -0.2) is 28.9 Å². The van der Waals surface area contributed by atoms with Crippen LogP contribution in [0.2, 0.25) is 0 Å². The molecule has 1 aromatic heterocycles. The molecule has 17 heavy (non-hydrogen) atoms. The number of aromatic amines is 1. The third kappa shape index (κ3) is 3.65. The largest absolute Gasteiger partial charge is 0.342 e. The number of carbonyl (C=O) groups is 1. The number of aryl methyl sites for hydroxylation is 1. The van der Waals surface area contributed by atoms with Gasteiger partial charge in [0, 0.05) is 23.7 Å². The highest BCUT2D eigenvalue weighted by atomic mass is 32.1. The number of nitrogens with one attached hydrogen (secondary N) is 1. The Morgan fingerprint density at radius 1 is 1.71 bits per heavy atom. The molecular weight excluding hydrogens is 254 g/mol. The van der Waals surface area contributed by atoms with Crippen molar-refractivity contribution in [2.45, 2.75) is 32.7 Å². The molecule has 1 rings (SSSR count).